The number of benzene rings is 1. The summed E-state index contributed by atoms with van der Waals surface area (Å²) in [5.41, 5.74) is 1.36. The molecule has 1 heterocycles. The van der Waals surface area contributed by atoms with Crippen LogP contribution in [-0.2, 0) is 6.61 Å². The minimum absolute atomic E-state index is 0.282. The van der Waals surface area contributed by atoms with Gasteiger partial charge in [0.05, 0.1) is 16.7 Å². The molecular weight excluding hydrogens is 299 g/mol. The normalized spacial score (nSPS) is 10.7. The molecule has 0 aliphatic heterocycles. The molecule has 1 N–H and O–H groups in total. The second-order valence-electron chi connectivity index (χ2n) is 3.57. The third-order valence-electron chi connectivity index (χ3n) is 2.41. The zero-order chi connectivity index (χ0) is 13.3. The van der Waals surface area contributed by atoms with E-state index in [0.29, 0.717) is 21.7 Å². The maximum Gasteiger partial charge on any atom is 0.213 e. The van der Waals surface area contributed by atoms with Gasteiger partial charge in [-0.1, -0.05) is 34.8 Å². The van der Waals surface area contributed by atoms with Crippen LogP contribution in [0, 0.1) is 5.95 Å². The minimum Gasteiger partial charge on any atom is -0.392 e. The molecule has 0 aliphatic carbocycles. The lowest BCUT2D eigenvalue weighted by atomic mass is 10.0. The number of aliphatic hydroxyl groups excluding tert-OH is 1. The molecule has 2 rings (SSSR count). The molecule has 0 unspecified atom stereocenters. The predicted octanol–water partition coefficient (Wildman–Crippen LogP) is 4.34. The van der Waals surface area contributed by atoms with Crippen LogP contribution in [0.2, 0.25) is 15.1 Å². The first-order valence-corrected chi connectivity index (χ1v) is 6.06. The van der Waals surface area contributed by atoms with E-state index in [0.717, 1.165) is 6.07 Å². The summed E-state index contributed by atoms with van der Waals surface area (Å²) in [4.78, 5) is 3.54. The Morgan fingerprint density at radius 2 is 1.83 bits per heavy atom. The lowest BCUT2D eigenvalue weighted by Crippen LogP contribution is -1.95. The number of hydrogen-bond donors (Lipinski definition) is 1. The summed E-state index contributed by atoms with van der Waals surface area (Å²) in [6.45, 7) is -0.338. The van der Waals surface area contributed by atoms with Crippen LogP contribution in [0.4, 0.5) is 4.39 Å². The summed E-state index contributed by atoms with van der Waals surface area (Å²) in [6, 6.07) is 4.23. The average molecular weight is 307 g/mol. The van der Waals surface area contributed by atoms with Crippen molar-refractivity contribution >= 4 is 34.8 Å². The lowest BCUT2D eigenvalue weighted by molar-refractivity contribution is 0.281. The van der Waals surface area contributed by atoms with Gasteiger partial charge in [0.2, 0.25) is 5.95 Å². The fourth-order valence-electron chi connectivity index (χ4n) is 1.59. The fourth-order valence-corrected chi connectivity index (χ4v) is 2.30. The van der Waals surface area contributed by atoms with Crippen molar-refractivity contribution in [2.75, 3.05) is 0 Å². The van der Waals surface area contributed by atoms with Gasteiger partial charge in [-0.05, 0) is 23.8 Å². The van der Waals surface area contributed by atoms with E-state index in [1.807, 2.05) is 0 Å². The number of hydrogen-bond acceptors (Lipinski definition) is 2. The highest BCUT2D eigenvalue weighted by molar-refractivity contribution is 6.45. The number of rotatable bonds is 2. The molecular formula is C12H7Cl3FNO. The molecule has 0 fully saturated rings. The molecule has 0 amide bonds. The maximum absolute atomic E-state index is 13.0. The van der Waals surface area contributed by atoms with Crippen LogP contribution in [0.5, 0.6) is 0 Å². The second kappa shape index (κ2) is 5.41. The van der Waals surface area contributed by atoms with E-state index >= 15 is 0 Å². The van der Waals surface area contributed by atoms with Gasteiger partial charge in [0.1, 0.15) is 0 Å². The molecule has 2 aromatic rings. The van der Waals surface area contributed by atoms with Crippen LogP contribution in [-0.4, -0.2) is 10.1 Å². The predicted molar refractivity (Wildman–Crippen MR) is 70.6 cm³/mol. The summed E-state index contributed by atoms with van der Waals surface area (Å²) >= 11 is 17.9. The number of aromatic nitrogens is 1. The topological polar surface area (TPSA) is 33.1 Å². The first-order valence-electron chi connectivity index (χ1n) is 4.93. The molecule has 18 heavy (non-hydrogen) atoms. The van der Waals surface area contributed by atoms with Gasteiger partial charge in [-0.3, -0.25) is 0 Å². The first-order chi connectivity index (χ1) is 8.52. The monoisotopic (exact) mass is 305 g/mol. The van der Waals surface area contributed by atoms with Crippen LogP contribution < -0.4 is 0 Å². The van der Waals surface area contributed by atoms with E-state index in [9.17, 15) is 9.50 Å². The maximum atomic E-state index is 13.0. The van der Waals surface area contributed by atoms with Crippen LogP contribution in [0.25, 0.3) is 11.1 Å². The van der Waals surface area contributed by atoms with Gasteiger partial charge in [0.25, 0.3) is 0 Å². The smallest absolute Gasteiger partial charge is 0.213 e. The summed E-state index contributed by atoms with van der Waals surface area (Å²) in [5, 5.41) is 10.2. The van der Waals surface area contributed by atoms with Crippen molar-refractivity contribution in [1.82, 2.24) is 4.98 Å². The molecule has 0 bridgehead atoms. The Morgan fingerprint density at radius 3 is 2.50 bits per heavy atom. The van der Waals surface area contributed by atoms with Gasteiger partial charge in [0.15, 0.2) is 0 Å². The fraction of sp³-hybridized carbons (Fsp3) is 0.0833. The van der Waals surface area contributed by atoms with E-state index in [1.54, 1.807) is 6.07 Å². The largest absolute Gasteiger partial charge is 0.392 e. The Kier molecular flexibility index (Phi) is 4.07. The van der Waals surface area contributed by atoms with Gasteiger partial charge >= 0.3 is 0 Å². The molecule has 0 aliphatic rings. The van der Waals surface area contributed by atoms with Crippen molar-refractivity contribution in [1.29, 1.82) is 0 Å². The van der Waals surface area contributed by atoms with E-state index < -0.39 is 5.95 Å². The Bertz CT molecular complexity index is 604. The van der Waals surface area contributed by atoms with Crippen molar-refractivity contribution in [2.45, 2.75) is 6.61 Å². The quantitative estimate of drug-likeness (QED) is 0.661. The van der Waals surface area contributed by atoms with Crippen molar-refractivity contribution in [2.24, 2.45) is 0 Å². The lowest BCUT2D eigenvalue weighted by Gasteiger charge is -2.10. The number of aliphatic hydroxyl groups is 1. The molecule has 6 heteroatoms. The molecule has 0 saturated carbocycles. The Labute approximate surface area is 118 Å². The average Bonchev–Trinajstić information content (AvgIpc) is 2.34. The van der Waals surface area contributed by atoms with Crippen molar-refractivity contribution in [3.8, 4) is 11.1 Å². The van der Waals surface area contributed by atoms with Crippen LogP contribution >= 0.6 is 34.8 Å². The molecule has 0 radical (unpaired) electrons. The van der Waals surface area contributed by atoms with Crippen LogP contribution in [0.3, 0.4) is 0 Å². The van der Waals surface area contributed by atoms with Crippen LogP contribution in [0.15, 0.2) is 24.4 Å². The molecule has 1 aromatic carbocycles. The first kappa shape index (κ1) is 13.6. The van der Waals surface area contributed by atoms with Gasteiger partial charge in [-0.2, -0.15) is 4.39 Å². The Balaban J connectivity index is 2.69. The van der Waals surface area contributed by atoms with Crippen molar-refractivity contribution in [3.63, 3.8) is 0 Å². The summed E-state index contributed by atoms with van der Waals surface area (Å²) in [7, 11) is 0. The summed E-state index contributed by atoms with van der Waals surface area (Å²) in [6.07, 6.45) is 1.29. The molecule has 1 aromatic heterocycles. The highest BCUT2D eigenvalue weighted by Gasteiger charge is 2.13. The number of nitrogens with zero attached hydrogens (tertiary/aromatic N) is 1. The molecule has 0 atom stereocenters. The SMILES string of the molecule is OCc1cc(F)ncc1-c1cc(Cl)cc(Cl)c1Cl. The molecule has 2 nitrogen and oxygen atoms in total. The molecule has 0 saturated heterocycles. The van der Waals surface area contributed by atoms with E-state index in [2.05, 4.69) is 4.98 Å². The Hall–Kier alpha value is -0.870. The van der Waals surface area contributed by atoms with E-state index in [-0.39, 0.29) is 16.7 Å². The van der Waals surface area contributed by atoms with Gasteiger partial charge in [-0.25, -0.2) is 4.98 Å². The summed E-state index contributed by atoms with van der Waals surface area (Å²) in [5.74, 6) is -0.674. The zero-order valence-electron chi connectivity index (χ0n) is 8.92. The van der Waals surface area contributed by atoms with E-state index in [4.69, 9.17) is 34.8 Å². The standard InChI is InChI=1S/C12H7Cl3FNO/c13-7-2-8(12(15)10(14)3-7)9-4-17-11(16)1-6(9)5-18/h1-4,18H,5H2. The molecule has 94 valence electrons. The van der Waals surface area contributed by atoms with Crippen molar-refractivity contribution < 1.29 is 9.50 Å². The van der Waals surface area contributed by atoms with Crippen molar-refractivity contribution in [3.05, 3.63) is 51.0 Å². The zero-order valence-corrected chi connectivity index (χ0v) is 11.2. The third-order valence-corrected chi connectivity index (χ3v) is 3.43. The number of halogens is 4. The second-order valence-corrected chi connectivity index (χ2v) is 4.79. The van der Waals surface area contributed by atoms with Gasteiger partial charge in [-0.15, -0.1) is 0 Å². The van der Waals surface area contributed by atoms with Gasteiger partial charge in [0, 0.05) is 22.3 Å². The number of pyridine rings is 1. The highest BCUT2D eigenvalue weighted by Crippen LogP contribution is 2.37. The minimum atomic E-state index is -0.674. The molecule has 0 spiro atoms. The van der Waals surface area contributed by atoms with Gasteiger partial charge < -0.3 is 5.11 Å². The highest BCUT2D eigenvalue weighted by atomic mass is 35.5. The third kappa shape index (κ3) is 2.59. The summed E-state index contributed by atoms with van der Waals surface area (Å²) < 4.78 is 13.0. The van der Waals surface area contributed by atoms with E-state index in [1.165, 1.54) is 12.3 Å². The van der Waals surface area contributed by atoms with Crippen LogP contribution in [0.1, 0.15) is 5.56 Å². The Morgan fingerprint density at radius 1 is 1.11 bits per heavy atom.